The Morgan fingerprint density at radius 1 is 1.03 bits per heavy atom. The molecule has 2 saturated heterocycles. The van der Waals surface area contributed by atoms with Crippen molar-refractivity contribution in [3.8, 4) is 0 Å². The molecule has 2 amide bonds. The molecule has 39 heavy (non-hydrogen) atoms. The Bertz CT molecular complexity index is 1160. The number of rotatable bonds is 8. The molecule has 3 atom stereocenters. The number of likely N-dealkylation sites (N-methyl/N-ethyl adjacent to an activating group) is 1. The highest BCUT2D eigenvalue weighted by atomic mass is 32.2. The summed E-state index contributed by atoms with van der Waals surface area (Å²) in [6.45, 7) is 9.21. The number of benzene rings is 2. The van der Waals surface area contributed by atoms with Crippen LogP contribution in [-0.4, -0.2) is 84.1 Å². The summed E-state index contributed by atoms with van der Waals surface area (Å²) in [5.74, 6) is 0.228. The van der Waals surface area contributed by atoms with Crippen molar-refractivity contribution in [1.82, 2.24) is 20.0 Å². The number of piperazine rings is 1. The van der Waals surface area contributed by atoms with Gasteiger partial charge in [-0.15, -0.1) is 11.8 Å². The molecule has 1 N–H and O–H groups in total. The summed E-state index contributed by atoms with van der Waals surface area (Å²) in [5.41, 5.74) is 3.64. The van der Waals surface area contributed by atoms with Crippen LogP contribution in [0.15, 0.2) is 59.5 Å². The van der Waals surface area contributed by atoms with E-state index in [4.69, 9.17) is 0 Å². The molecule has 2 aromatic rings. The van der Waals surface area contributed by atoms with Crippen molar-refractivity contribution < 1.29 is 9.59 Å². The van der Waals surface area contributed by atoms with E-state index < -0.39 is 0 Å². The quantitative estimate of drug-likeness (QED) is 0.393. The first kappa shape index (κ1) is 27.9. The van der Waals surface area contributed by atoms with Crippen molar-refractivity contribution in [3.63, 3.8) is 0 Å². The molecule has 5 rings (SSSR count). The fourth-order valence-corrected chi connectivity index (χ4v) is 7.60. The topological polar surface area (TPSA) is 55.9 Å². The van der Waals surface area contributed by atoms with Gasteiger partial charge in [-0.2, -0.15) is 0 Å². The maximum absolute atomic E-state index is 13.1. The molecule has 0 spiro atoms. The van der Waals surface area contributed by atoms with E-state index in [0.29, 0.717) is 5.25 Å². The molecule has 2 aromatic carbocycles. The predicted molar refractivity (Wildman–Crippen MR) is 160 cm³/mol. The van der Waals surface area contributed by atoms with Crippen LogP contribution >= 0.6 is 11.8 Å². The van der Waals surface area contributed by atoms with Crippen LogP contribution in [0.25, 0.3) is 6.08 Å². The van der Waals surface area contributed by atoms with Crippen molar-refractivity contribution in [2.45, 2.75) is 50.4 Å². The zero-order valence-electron chi connectivity index (χ0n) is 23.4. The zero-order chi connectivity index (χ0) is 27.2. The molecule has 3 fully saturated rings. The van der Waals surface area contributed by atoms with E-state index in [0.717, 1.165) is 82.0 Å². The molecule has 0 radical (unpaired) electrons. The molecule has 3 aliphatic rings. The normalized spacial score (nSPS) is 25.5. The molecular formula is C32H42N4O2S. The Hall–Kier alpha value is -2.61. The second kappa shape index (κ2) is 13.2. The van der Waals surface area contributed by atoms with Crippen LogP contribution in [0.5, 0.6) is 0 Å². The van der Waals surface area contributed by atoms with Gasteiger partial charge in [-0.05, 0) is 56.4 Å². The number of amides is 2. The predicted octanol–water partition coefficient (Wildman–Crippen LogP) is 4.40. The minimum absolute atomic E-state index is 0.00839. The molecule has 6 nitrogen and oxygen atoms in total. The molecule has 2 aliphatic heterocycles. The summed E-state index contributed by atoms with van der Waals surface area (Å²) >= 11 is 1.71. The van der Waals surface area contributed by atoms with Crippen molar-refractivity contribution in [3.05, 3.63) is 76.2 Å². The van der Waals surface area contributed by atoms with Gasteiger partial charge < -0.3 is 15.1 Å². The fourth-order valence-electron chi connectivity index (χ4n) is 6.12. The molecular weight excluding hydrogens is 504 g/mol. The van der Waals surface area contributed by atoms with E-state index in [9.17, 15) is 9.59 Å². The second-order valence-corrected chi connectivity index (χ2v) is 12.6. The zero-order valence-corrected chi connectivity index (χ0v) is 24.2. The minimum Gasteiger partial charge on any atom is -0.356 e. The van der Waals surface area contributed by atoms with Crippen molar-refractivity contribution in [2.75, 3.05) is 46.3 Å². The molecule has 1 saturated carbocycles. The molecule has 208 valence electrons. The second-order valence-electron chi connectivity index (χ2n) is 11.3. The summed E-state index contributed by atoms with van der Waals surface area (Å²) in [7, 11) is 1.91. The summed E-state index contributed by atoms with van der Waals surface area (Å²) in [4.78, 5) is 33.9. The van der Waals surface area contributed by atoms with Crippen LogP contribution in [0.3, 0.4) is 0 Å². The highest BCUT2D eigenvalue weighted by Gasteiger charge is 2.42. The number of hydrogen-bond acceptors (Lipinski definition) is 5. The molecule has 1 aliphatic carbocycles. The van der Waals surface area contributed by atoms with E-state index in [1.54, 1.807) is 11.8 Å². The number of carbonyl (C=O) groups is 2. The smallest absolute Gasteiger partial charge is 0.260 e. The van der Waals surface area contributed by atoms with Gasteiger partial charge in [0.05, 0.1) is 4.91 Å². The largest absolute Gasteiger partial charge is 0.356 e. The van der Waals surface area contributed by atoms with Crippen LogP contribution in [0.2, 0.25) is 0 Å². The molecule has 0 aromatic heterocycles. The van der Waals surface area contributed by atoms with Crippen LogP contribution in [-0.2, 0) is 16.1 Å². The summed E-state index contributed by atoms with van der Waals surface area (Å²) < 4.78 is 0. The first-order valence-electron chi connectivity index (χ1n) is 14.4. The van der Waals surface area contributed by atoms with Crippen molar-refractivity contribution in [2.24, 2.45) is 5.92 Å². The number of nitrogens with one attached hydrogen (secondary N) is 1. The van der Waals surface area contributed by atoms with Crippen LogP contribution in [0.1, 0.15) is 42.4 Å². The van der Waals surface area contributed by atoms with Crippen molar-refractivity contribution in [1.29, 1.82) is 0 Å². The lowest BCUT2D eigenvalue weighted by Crippen LogP contribution is -2.52. The Morgan fingerprint density at radius 2 is 1.79 bits per heavy atom. The summed E-state index contributed by atoms with van der Waals surface area (Å²) in [6, 6.07) is 19.1. The maximum Gasteiger partial charge on any atom is 0.260 e. The number of carbonyl (C=O) groups excluding carboxylic acids is 2. The highest BCUT2D eigenvalue weighted by Crippen LogP contribution is 2.43. The lowest BCUT2D eigenvalue weighted by molar-refractivity contribution is -0.131. The van der Waals surface area contributed by atoms with Gasteiger partial charge in [0.25, 0.3) is 5.91 Å². The Labute approximate surface area is 237 Å². The summed E-state index contributed by atoms with van der Waals surface area (Å²) in [5, 5.41) is 3.56. The average Bonchev–Trinajstić information content (AvgIpc) is 2.95. The number of aryl methyl sites for hydroxylation is 1. The minimum atomic E-state index is -0.00839. The van der Waals surface area contributed by atoms with Crippen LogP contribution in [0, 0.1) is 12.8 Å². The van der Waals surface area contributed by atoms with E-state index in [2.05, 4.69) is 64.5 Å². The molecule has 7 heteroatoms. The van der Waals surface area contributed by atoms with Gasteiger partial charge in [0.2, 0.25) is 5.91 Å². The van der Waals surface area contributed by atoms with E-state index in [1.165, 1.54) is 11.1 Å². The van der Waals surface area contributed by atoms with Gasteiger partial charge in [0, 0.05) is 63.5 Å². The van der Waals surface area contributed by atoms with Gasteiger partial charge in [-0.3, -0.25) is 14.5 Å². The standard InChI is InChI=1S/C32H42N4O2S/c1-24-8-6-11-26(20-24)21-30-32(38)34(2)28-22-27(12-13-29(28)39-30)31(37)33-14-7-15-35-16-18-36(19-17-35)23-25-9-4-3-5-10-25/h3-6,8-11,20-21,27-29H,7,12-19,22-23H2,1-2H3,(H,33,37)/b30-21-. The van der Waals surface area contributed by atoms with E-state index >= 15 is 0 Å². The van der Waals surface area contributed by atoms with E-state index in [1.807, 2.05) is 30.2 Å². The molecule has 0 bridgehead atoms. The number of thioether (sulfide) groups is 1. The van der Waals surface area contributed by atoms with Crippen molar-refractivity contribution >= 4 is 29.7 Å². The maximum atomic E-state index is 13.1. The number of hydrogen-bond donors (Lipinski definition) is 1. The van der Waals surface area contributed by atoms with E-state index in [-0.39, 0.29) is 23.8 Å². The van der Waals surface area contributed by atoms with Crippen LogP contribution in [0.4, 0.5) is 0 Å². The SMILES string of the molecule is Cc1cccc(/C=C2\SC3CCC(C(=O)NCCCN4CCN(Cc5ccccc5)CC4)CC3N(C)C2=O)c1. The molecule has 2 heterocycles. The third kappa shape index (κ3) is 7.33. The Kier molecular flexibility index (Phi) is 9.43. The number of fused-ring (bicyclic) bond motifs is 1. The summed E-state index contributed by atoms with van der Waals surface area (Å²) in [6.07, 6.45) is 5.61. The lowest BCUT2D eigenvalue weighted by atomic mass is 9.83. The average molecular weight is 547 g/mol. The number of nitrogens with zero attached hydrogens (tertiary/aromatic N) is 3. The van der Waals surface area contributed by atoms with Gasteiger partial charge in [0.1, 0.15) is 0 Å². The third-order valence-corrected chi connectivity index (χ3v) is 9.84. The Balaban J connectivity index is 1.02. The highest BCUT2D eigenvalue weighted by molar-refractivity contribution is 8.04. The third-order valence-electron chi connectivity index (χ3n) is 8.44. The van der Waals surface area contributed by atoms with Gasteiger partial charge >= 0.3 is 0 Å². The molecule has 3 unspecified atom stereocenters. The van der Waals surface area contributed by atoms with Gasteiger partial charge in [-0.1, -0.05) is 60.2 Å². The lowest BCUT2D eigenvalue weighted by Gasteiger charge is -2.44. The first-order valence-corrected chi connectivity index (χ1v) is 15.3. The van der Waals surface area contributed by atoms with Gasteiger partial charge in [0.15, 0.2) is 0 Å². The van der Waals surface area contributed by atoms with Crippen LogP contribution < -0.4 is 5.32 Å². The Morgan fingerprint density at radius 3 is 2.56 bits per heavy atom. The first-order chi connectivity index (χ1) is 19.0. The fraction of sp³-hybridized carbons (Fsp3) is 0.500. The van der Waals surface area contributed by atoms with Gasteiger partial charge in [-0.25, -0.2) is 0 Å². The monoisotopic (exact) mass is 546 g/mol.